The fourth-order valence-electron chi connectivity index (χ4n) is 9.56. The molecule has 1 atom stereocenters. The highest BCUT2D eigenvalue weighted by molar-refractivity contribution is 7.09. The van der Waals surface area contributed by atoms with Gasteiger partial charge in [0.25, 0.3) is 0 Å². The SMILES string of the molecule is CC.CCC(C)(c1ccc(C(C)(C)C)cc1)c1ccc(-c2cscc2-c2ccc(N(c3ccccc3)c3ccccc3)cc2)cc1-c1cscc1-c1ccc(N(c2ccccc2)c2ccccc2)cc1. The molecule has 2 nitrogen and oxygen atoms in total. The first-order valence-corrected chi connectivity index (χ1v) is 26.5. The third-order valence-corrected chi connectivity index (χ3v) is 15.1. The molecule has 0 aliphatic carbocycles. The van der Waals surface area contributed by atoms with Crippen molar-refractivity contribution in [3.05, 3.63) is 251 Å². The van der Waals surface area contributed by atoms with Gasteiger partial charge in [-0.25, -0.2) is 0 Å². The van der Waals surface area contributed by atoms with E-state index in [1.165, 1.54) is 61.2 Å². The van der Waals surface area contributed by atoms with Crippen LogP contribution in [0.5, 0.6) is 0 Å². The van der Waals surface area contributed by atoms with Gasteiger partial charge in [-0.1, -0.05) is 182 Å². The lowest BCUT2D eigenvalue weighted by molar-refractivity contribution is 0.548. The Balaban J connectivity index is 0.00000300. The van der Waals surface area contributed by atoms with E-state index in [1.54, 1.807) is 22.7 Å². The van der Waals surface area contributed by atoms with Crippen molar-refractivity contribution in [2.75, 3.05) is 9.80 Å². The molecule has 0 aliphatic heterocycles. The van der Waals surface area contributed by atoms with E-state index in [0.29, 0.717) is 0 Å². The third kappa shape index (κ3) is 9.81. The van der Waals surface area contributed by atoms with Crippen LogP contribution in [0.25, 0.3) is 44.5 Å². The van der Waals surface area contributed by atoms with Crippen molar-refractivity contribution in [3.8, 4) is 44.5 Å². The lowest BCUT2D eigenvalue weighted by Crippen LogP contribution is -2.24. The number of nitrogens with zero attached hydrogens (tertiary/aromatic N) is 2. The van der Waals surface area contributed by atoms with Gasteiger partial charge in [0.2, 0.25) is 0 Å². The molecule has 8 aromatic carbocycles. The van der Waals surface area contributed by atoms with E-state index < -0.39 is 0 Å². The van der Waals surface area contributed by atoms with Gasteiger partial charge in [-0.3, -0.25) is 0 Å². The number of anilines is 6. The predicted molar refractivity (Wildman–Crippen MR) is 307 cm³/mol. The van der Waals surface area contributed by atoms with Crippen LogP contribution in [0, 0.1) is 0 Å². The fraction of sp³-hybridized carbons (Fsp3) is 0.152. The summed E-state index contributed by atoms with van der Waals surface area (Å²) >= 11 is 3.54. The van der Waals surface area contributed by atoms with Crippen LogP contribution in [-0.4, -0.2) is 0 Å². The second-order valence-electron chi connectivity index (χ2n) is 18.8. The highest BCUT2D eigenvalue weighted by atomic mass is 32.1. The van der Waals surface area contributed by atoms with Gasteiger partial charge in [0.1, 0.15) is 0 Å². The van der Waals surface area contributed by atoms with Crippen molar-refractivity contribution in [1.82, 2.24) is 0 Å². The number of benzene rings is 8. The number of hydrogen-bond donors (Lipinski definition) is 0. The Labute approximate surface area is 424 Å². The molecule has 0 N–H and O–H groups in total. The van der Waals surface area contributed by atoms with Crippen molar-refractivity contribution in [2.24, 2.45) is 0 Å². The van der Waals surface area contributed by atoms with Crippen molar-refractivity contribution in [3.63, 3.8) is 0 Å². The average Bonchev–Trinajstić information content (AvgIpc) is 4.12. The maximum absolute atomic E-state index is 2.48. The molecular formula is C66H62N2S2. The highest BCUT2D eigenvalue weighted by Gasteiger charge is 2.32. The van der Waals surface area contributed by atoms with Crippen molar-refractivity contribution >= 4 is 56.8 Å². The summed E-state index contributed by atoms with van der Waals surface area (Å²) in [5.41, 5.74) is 20.5. The maximum atomic E-state index is 2.48. The molecule has 0 aliphatic rings. The summed E-state index contributed by atoms with van der Waals surface area (Å²) in [5, 5.41) is 9.33. The number of thiophene rings is 2. The Morgan fingerprint density at radius 2 is 0.671 bits per heavy atom. The Bertz CT molecular complexity index is 3140. The molecule has 0 saturated carbocycles. The van der Waals surface area contributed by atoms with Gasteiger partial charge in [-0.15, -0.1) is 0 Å². The van der Waals surface area contributed by atoms with Crippen molar-refractivity contribution < 1.29 is 0 Å². The van der Waals surface area contributed by atoms with Gasteiger partial charge >= 0.3 is 0 Å². The Kier molecular flexibility index (Phi) is 14.5. The summed E-state index contributed by atoms with van der Waals surface area (Å²) < 4.78 is 0. The van der Waals surface area contributed by atoms with E-state index >= 15 is 0 Å². The standard InChI is InChI=1S/C64H56N2S2.C2H6/c1-6-64(5,50-34-32-49(33-35-50)63(2,3)4)62-40-31-48(60-44-67-42-58(60)46-27-36-55(37-28-46)65(51-19-11-7-12-20-51)52-21-13-8-14-22-52)41-57(62)61-45-68-43-59(61)47-29-38-56(39-30-47)66(53-23-15-9-16-24-53)54-25-17-10-18-26-54;1-2/h7-45H,6H2,1-5H3;1-2H3. The van der Waals surface area contributed by atoms with Crippen LogP contribution in [0.4, 0.5) is 34.1 Å². The maximum Gasteiger partial charge on any atom is 0.0462 e. The minimum Gasteiger partial charge on any atom is -0.311 e. The van der Waals surface area contributed by atoms with Gasteiger partial charge in [0.05, 0.1) is 0 Å². The molecule has 1 unspecified atom stereocenters. The van der Waals surface area contributed by atoms with E-state index in [1.807, 2.05) is 13.8 Å². The minimum atomic E-state index is -0.240. The molecule has 70 heavy (non-hydrogen) atoms. The Hall–Kier alpha value is -7.24. The average molecular weight is 947 g/mol. The predicted octanol–water partition coefficient (Wildman–Crippen LogP) is 20.5. The molecule has 0 bridgehead atoms. The summed E-state index contributed by atoms with van der Waals surface area (Å²) in [6.45, 7) is 15.7. The van der Waals surface area contributed by atoms with Crippen LogP contribution in [0.2, 0.25) is 0 Å². The second kappa shape index (κ2) is 21.2. The zero-order valence-corrected chi connectivity index (χ0v) is 43.1. The summed E-state index contributed by atoms with van der Waals surface area (Å²) in [7, 11) is 0. The molecule has 0 spiro atoms. The fourth-order valence-corrected chi connectivity index (χ4v) is 11.3. The summed E-state index contributed by atoms with van der Waals surface area (Å²) in [6.07, 6.45) is 0.955. The lowest BCUT2D eigenvalue weighted by atomic mass is 9.70. The first kappa shape index (κ1) is 47.8. The second-order valence-corrected chi connectivity index (χ2v) is 20.3. The molecule has 4 heteroatoms. The third-order valence-electron chi connectivity index (χ3n) is 13.6. The summed E-state index contributed by atoms with van der Waals surface area (Å²) in [6, 6.07) is 77.4. The molecule has 2 aromatic heterocycles. The van der Waals surface area contributed by atoms with E-state index in [0.717, 1.165) is 40.5 Å². The topological polar surface area (TPSA) is 6.48 Å². The van der Waals surface area contributed by atoms with Gasteiger partial charge in [-0.2, -0.15) is 22.7 Å². The molecule has 0 saturated heterocycles. The Morgan fingerprint density at radius 1 is 0.343 bits per heavy atom. The molecule has 348 valence electrons. The number of para-hydroxylation sites is 4. The molecule has 2 heterocycles. The molecule has 10 aromatic rings. The van der Waals surface area contributed by atoms with Gasteiger partial charge in [0.15, 0.2) is 0 Å². The monoisotopic (exact) mass is 946 g/mol. The molecule has 0 fully saturated rings. The van der Waals surface area contributed by atoms with Crippen molar-refractivity contribution in [1.29, 1.82) is 0 Å². The van der Waals surface area contributed by atoms with Crippen LogP contribution >= 0.6 is 22.7 Å². The number of hydrogen-bond acceptors (Lipinski definition) is 4. The van der Waals surface area contributed by atoms with Crippen LogP contribution in [0.3, 0.4) is 0 Å². The first-order valence-electron chi connectivity index (χ1n) is 24.6. The largest absolute Gasteiger partial charge is 0.311 e. The van der Waals surface area contributed by atoms with Gasteiger partial charge < -0.3 is 9.80 Å². The zero-order valence-electron chi connectivity index (χ0n) is 41.4. The molecule has 0 amide bonds. The quantitative estimate of drug-likeness (QED) is 0.114. The molecule has 10 rings (SSSR count). The van der Waals surface area contributed by atoms with Crippen molar-refractivity contribution in [2.45, 2.75) is 65.7 Å². The smallest absolute Gasteiger partial charge is 0.0462 e. The Morgan fingerprint density at radius 3 is 1.06 bits per heavy atom. The zero-order chi connectivity index (χ0) is 48.7. The number of rotatable bonds is 13. The van der Waals surface area contributed by atoms with Gasteiger partial charge in [-0.05, 0) is 151 Å². The normalized spacial score (nSPS) is 12.1. The minimum absolute atomic E-state index is 0.0794. The van der Waals surface area contributed by atoms with Crippen LogP contribution < -0.4 is 9.80 Å². The van der Waals surface area contributed by atoms with Gasteiger partial charge in [0, 0.05) is 61.8 Å². The van der Waals surface area contributed by atoms with E-state index in [2.05, 4.69) is 278 Å². The first-order chi connectivity index (χ1) is 34.2. The van der Waals surface area contributed by atoms with E-state index in [4.69, 9.17) is 0 Å². The molecular weight excluding hydrogens is 885 g/mol. The van der Waals surface area contributed by atoms with E-state index in [9.17, 15) is 0 Å². The summed E-state index contributed by atoms with van der Waals surface area (Å²) in [4.78, 5) is 4.64. The summed E-state index contributed by atoms with van der Waals surface area (Å²) in [5.74, 6) is 0. The van der Waals surface area contributed by atoms with Crippen LogP contribution in [0.15, 0.2) is 234 Å². The van der Waals surface area contributed by atoms with E-state index in [-0.39, 0.29) is 10.8 Å². The van der Waals surface area contributed by atoms with Crippen LogP contribution in [0.1, 0.15) is 71.6 Å². The highest BCUT2D eigenvalue weighted by Crippen LogP contribution is 2.48. The van der Waals surface area contributed by atoms with Crippen LogP contribution in [-0.2, 0) is 10.8 Å². The molecule has 0 radical (unpaired) electrons. The lowest BCUT2D eigenvalue weighted by Gasteiger charge is -2.33.